The number of carbonyl (C=O) groups excluding carboxylic acids is 1. The van der Waals surface area contributed by atoms with Crippen LogP contribution in [0.3, 0.4) is 0 Å². The van der Waals surface area contributed by atoms with Crippen molar-refractivity contribution in [3.05, 3.63) is 28.7 Å². The Morgan fingerprint density at radius 3 is 2.57 bits per heavy atom. The lowest BCUT2D eigenvalue weighted by Gasteiger charge is -2.23. The van der Waals surface area contributed by atoms with E-state index in [9.17, 15) is 13.2 Å². The molecule has 11 heteroatoms. The number of methoxy groups -OCH3 is 1. The zero-order chi connectivity index (χ0) is 20.9. The Bertz CT molecular complexity index is 1090. The van der Waals surface area contributed by atoms with E-state index in [1.807, 2.05) is 0 Å². The number of rotatable bonds is 4. The van der Waals surface area contributed by atoms with Crippen LogP contribution in [0.4, 0.5) is 10.5 Å². The number of aromatic nitrogens is 3. The zero-order valence-corrected chi connectivity index (χ0v) is 17.4. The molecule has 2 aromatic rings. The summed E-state index contributed by atoms with van der Waals surface area (Å²) in [7, 11) is -2.60. The quantitative estimate of drug-likeness (QED) is 0.742. The number of anilines is 1. The fourth-order valence-electron chi connectivity index (χ4n) is 4.43. The summed E-state index contributed by atoms with van der Waals surface area (Å²) < 4.78 is 39.9. The molecule has 2 N–H and O–H groups in total. The summed E-state index contributed by atoms with van der Waals surface area (Å²) in [4.78, 5) is 17.3. The lowest BCUT2D eigenvalue weighted by Crippen LogP contribution is -2.36. The molecule has 3 aliphatic rings. The molecule has 30 heavy (non-hydrogen) atoms. The van der Waals surface area contributed by atoms with Gasteiger partial charge in [0.25, 0.3) is 10.0 Å². The molecular weight excluding hydrogens is 410 g/mol. The predicted octanol–water partition coefficient (Wildman–Crippen LogP) is 1.17. The number of nitrogens with zero attached hydrogens (tertiary/aromatic N) is 3. The molecule has 5 rings (SSSR count). The van der Waals surface area contributed by atoms with Crippen molar-refractivity contribution in [2.45, 2.75) is 56.1 Å². The van der Waals surface area contributed by atoms with Gasteiger partial charge in [-0.05, 0) is 49.7 Å². The van der Waals surface area contributed by atoms with E-state index in [4.69, 9.17) is 14.5 Å². The van der Waals surface area contributed by atoms with Crippen molar-refractivity contribution < 1.29 is 22.7 Å². The van der Waals surface area contributed by atoms with Crippen molar-refractivity contribution in [2.24, 2.45) is 0 Å². The van der Waals surface area contributed by atoms with Gasteiger partial charge in [-0.1, -0.05) is 0 Å². The molecule has 160 valence electrons. The van der Waals surface area contributed by atoms with Crippen molar-refractivity contribution in [2.75, 3.05) is 19.0 Å². The van der Waals surface area contributed by atoms with Gasteiger partial charge in [0.15, 0.2) is 4.90 Å². The molecule has 1 unspecified atom stereocenters. The maximum Gasteiger partial charge on any atom is 0.333 e. The van der Waals surface area contributed by atoms with Gasteiger partial charge in [0, 0.05) is 18.5 Å². The van der Waals surface area contributed by atoms with Gasteiger partial charge >= 0.3 is 6.03 Å². The number of nitrogens with one attached hydrogen (secondary N) is 2. The first-order chi connectivity index (χ1) is 14.5. The van der Waals surface area contributed by atoms with Crippen LogP contribution in [0.2, 0.25) is 0 Å². The smallest absolute Gasteiger partial charge is 0.333 e. The fourth-order valence-corrected chi connectivity index (χ4v) is 5.42. The highest BCUT2D eigenvalue weighted by Gasteiger charge is 2.32. The van der Waals surface area contributed by atoms with Crippen LogP contribution in [0.25, 0.3) is 0 Å². The molecule has 0 fully saturated rings. The molecule has 10 nitrogen and oxygen atoms in total. The monoisotopic (exact) mass is 433 g/mol. The first-order valence-corrected chi connectivity index (χ1v) is 11.5. The SMILES string of the molecule is COC1COc2c(S(=O)(=O)NC(=O)Nc3c4c(nc5c3CCC5)CCC4)cnn2C1. The fraction of sp³-hybridized carbons (Fsp3) is 0.526. The average molecular weight is 433 g/mol. The van der Waals surface area contributed by atoms with E-state index in [-0.39, 0.29) is 23.5 Å². The Balaban J connectivity index is 1.38. The number of fused-ring (bicyclic) bond motifs is 3. The first kappa shape index (κ1) is 19.3. The molecule has 2 aromatic heterocycles. The Morgan fingerprint density at radius 2 is 1.90 bits per heavy atom. The number of sulfonamides is 1. The molecule has 2 amide bonds. The minimum absolute atomic E-state index is 0.106. The summed E-state index contributed by atoms with van der Waals surface area (Å²) in [5.74, 6) is 0.106. The highest BCUT2D eigenvalue weighted by Crippen LogP contribution is 2.36. The molecule has 0 radical (unpaired) electrons. The lowest BCUT2D eigenvalue weighted by atomic mass is 10.1. The number of ether oxygens (including phenoxy) is 2. The van der Waals surface area contributed by atoms with E-state index in [1.54, 1.807) is 7.11 Å². The van der Waals surface area contributed by atoms with Crippen LogP contribution >= 0.6 is 0 Å². The molecule has 0 spiro atoms. The Kier molecular flexibility index (Phi) is 4.66. The number of hydrogen-bond donors (Lipinski definition) is 2. The van der Waals surface area contributed by atoms with Crippen LogP contribution in [-0.2, 0) is 47.0 Å². The van der Waals surface area contributed by atoms with Crippen LogP contribution in [0, 0.1) is 0 Å². The molecule has 0 saturated heterocycles. The van der Waals surface area contributed by atoms with Gasteiger partial charge in [0.1, 0.15) is 12.7 Å². The Labute approximate surface area is 174 Å². The predicted molar refractivity (Wildman–Crippen MR) is 106 cm³/mol. The third-order valence-corrected chi connectivity index (χ3v) is 7.19. The number of aryl methyl sites for hydroxylation is 2. The van der Waals surface area contributed by atoms with E-state index in [0.29, 0.717) is 6.54 Å². The second kappa shape index (κ2) is 7.24. The molecule has 3 heterocycles. The normalized spacial score (nSPS) is 19.6. The summed E-state index contributed by atoms with van der Waals surface area (Å²) in [6.45, 7) is 0.592. The standard InChI is InChI=1S/C19H23N5O5S/c1-28-11-9-24-18(29-10-11)16(8-20-24)30(26,27)23-19(25)22-17-12-4-2-6-14(12)21-15-7-3-5-13(15)17/h8,11H,2-7,9-10H2,1H3,(H2,21,22,23,25). The van der Waals surface area contributed by atoms with E-state index >= 15 is 0 Å². The van der Waals surface area contributed by atoms with Crippen molar-refractivity contribution >= 4 is 21.7 Å². The second-order valence-electron chi connectivity index (χ2n) is 7.77. The third kappa shape index (κ3) is 3.21. The van der Waals surface area contributed by atoms with Gasteiger partial charge in [-0.2, -0.15) is 5.10 Å². The molecule has 0 bridgehead atoms. The molecule has 1 aliphatic heterocycles. The number of pyridine rings is 1. The number of urea groups is 1. The highest BCUT2D eigenvalue weighted by atomic mass is 32.2. The summed E-state index contributed by atoms with van der Waals surface area (Å²) in [5, 5.41) is 6.86. The van der Waals surface area contributed by atoms with Gasteiger partial charge in [-0.3, -0.25) is 4.98 Å². The largest absolute Gasteiger partial charge is 0.474 e. The van der Waals surface area contributed by atoms with Crippen molar-refractivity contribution in [3.8, 4) is 5.88 Å². The maximum atomic E-state index is 12.8. The molecular formula is C19H23N5O5S. The van der Waals surface area contributed by atoms with E-state index in [0.717, 1.165) is 66.7 Å². The van der Waals surface area contributed by atoms with Crippen LogP contribution in [-0.4, -0.2) is 49.0 Å². The second-order valence-corrected chi connectivity index (χ2v) is 9.42. The molecule has 1 atom stereocenters. The van der Waals surface area contributed by atoms with Gasteiger partial charge in [0.05, 0.1) is 18.4 Å². The van der Waals surface area contributed by atoms with Crippen molar-refractivity contribution in [3.63, 3.8) is 0 Å². The summed E-state index contributed by atoms with van der Waals surface area (Å²) >= 11 is 0. The van der Waals surface area contributed by atoms with Crippen LogP contribution in [0.15, 0.2) is 11.1 Å². The highest BCUT2D eigenvalue weighted by molar-refractivity contribution is 7.90. The number of carbonyl (C=O) groups is 1. The number of hydrogen-bond acceptors (Lipinski definition) is 7. The summed E-state index contributed by atoms with van der Waals surface area (Å²) in [5.41, 5.74) is 4.82. The first-order valence-electron chi connectivity index (χ1n) is 10.0. The van der Waals surface area contributed by atoms with Crippen LogP contribution in [0.1, 0.15) is 35.4 Å². The third-order valence-electron chi connectivity index (χ3n) is 5.88. The summed E-state index contributed by atoms with van der Waals surface area (Å²) in [6, 6.07) is -0.796. The minimum Gasteiger partial charge on any atom is -0.474 e. The van der Waals surface area contributed by atoms with Crippen molar-refractivity contribution in [1.82, 2.24) is 19.5 Å². The Morgan fingerprint density at radius 1 is 1.20 bits per heavy atom. The van der Waals surface area contributed by atoms with Crippen molar-refractivity contribution in [1.29, 1.82) is 0 Å². The average Bonchev–Trinajstić information content (AvgIpc) is 3.45. The summed E-state index contributed by atoms with van der Waals surface area (Å²) in [6.07, 6.45) is 6.40. The number of amides is 2. The van der Waals surface area contributed by atoms with E-state index < -0.39 is 16.1 Å². The van der Waals surface area contributed by atoms with Crippen LogP contribution < -0.4 is 14.8 Å². The molecule has 2 aliphatic carbocycles. The maximum absolute atomic E-state index is 12.8. The molecule has 0 aromatic carbocycles. The van der Waals surface area contributed by atoms with E-state index in [1.165, 1.54) is 10.9 Å². The van der Waals surface area contributed by atoms with Gasteiger partial charge in [-0.15, -0.1) is 0 Å². The van der Waals surface area contributed by atoms with Crippen LogP contribution in [0.5, 0.6) is 5.88 Å². The zero-order valence-electron chi connectivity index (χ0n) is 16.6. The van der Waals surface area contributed by atoms with Gasteiger partial charge < -0.3 is 14.8 Å². The molecule has 0 saturated carbocycles. The van der Waals surface area contributed by atoms with Gasteiger partial charge in [0.2, 0.25) is 5.88 Å². The van der Waals surface area contributed by atoms with Gasteiger partial charge in [-0.25, -0.2) is 22.6 Å². The minimum atomic E-state index is -4.16. The van der Waals surface area contributed by atoms with E-state index in [2.05, 4.69) is 15.1 Å². The Hall–Kier alpha value is -2.66. The topological polar surface area (TPSA) is 124 Å². The lowest BCUT2D eigenvalue weighted by molar-refractivity contribution is 0.0165.